The zero-order chi connectivity index (χ0) is 13.5. The summed E-state index contributed by atoms with van der Waals surface area (Å²) < 4.78 is 5.19. The Balaban J connectivity index is 2.00. The van der Waals surface area contributed by atoms with Gasteiger partial charge in [-0.05, 0) is 37.0 Å². The number of nitrogens with one attached hydrogen (secondary N) is 1. The van der Waals surface area contributed by atoms with Crippen molar-refractivity contribution >= 4 is 0 Å². The fraction of sp³-hybridized carbons (Fsp3) is 0.625. The first kappa shape index (κ1) is 14.4. The fourth-order valence-corrected chi connectivity index (χ4v) is 2.87. The minimum Gasteiger partial charge on any atom is -0.497 e. The summed E-state index contributed by atoms with van der Waals surface area (Å²) in [6.45, 7) is 0.219. The molecule has 0 saturated heterocycles. The van der Waals surface area contributed by atoms with Gasteiger partial charge in [-0.15, -0.1) is 0 Å². The van der Waals surface area contributed by atoms with Gasteiger partial charge in [0.1, 0.15) is 5.75 Å². The van der Waals surface area contributed by atoms with Crippen molar-refractivity contribution in [3.05, 3.63) is 29.8 Å². The molecule has 1 atom stereocenters. The lowest BCUT2D eigenvalue weighted by atomic mass is 9.93. The monoisotopic (exact) mass is 263 g/mol. The van der Waals surface area contributed by atoms with E-state index in [0.29, 0.717) is 6.04 Å². The van der Waals surface area contributed by atoms with Crippen LogP contribution in [0.5, 0.6) is 5.75 Å². The number of hydrogen-bond acceptors (Lipinski definition) is 3. The zero-order valence-electron chi connectivity index (χ0n) is 11.8. The van der Waals surface area contributed by atoms with Crippen molar-refractivity contribution in [2.75, 3.05) is 13.7 Å². The second kappa shape index (κ2) is 7.51. The Kier molecular flexibility index (Phi) is 5.67. The molecule has 1 aliphatic carbocycles. The maximum Gasteiger partial charge on any atom is 0.118 e. The fourth-order valence-electron chi connectivity index (χ4n) is 2.87. The van der Waals surface area contributed by atoms with Gasteiger partial charge in [0, 0.05) is 18.7 Å². The lowest BCUT2D eigenvalue weighted by Gasteiger charge is -2.28. The molecular weight excluding hydrogens is 238 g/mol. The van der Waals surface area contributed by atoms with Gasteiger partial charge in [-0.1, -0.05) is 31.4 Å². The van der Waals surface area contributed by atoms with Crippen molar-refractivity contribution in [1.29, 1.82) is 0 Å². The summed E-state index contributed by atoms with van der Waals surface area (Å²) in [7, 11) is 1.68. The van der Waals surface area contributed by atoms with Gasteiger partial charge >= 0.3 is 0 Å². The van der Waals surface area contributed by atoms with Crippen LogP contribution in [0.15, 0.2) is 24.3 Å². The smallest absolute Gasteiger partial charge is 0.118 e. The standard InChI is InChI=1S/C16H25NO2/c1-19-15-9-7-13(8-10-15)16(11-12-18)17-14-5-3-2-4-6-14/h7-10,14,16-18H,2-6,11-12H2,1H3. The van der Waals surface area contributed by atoms with Crippen molar-refractivity contribution < 1.29 is 9.84 Å². The molecule has 1 aliphatic rings. The molecule has 0 aromatic heterocycles. The van der Waals surface area contributed by atoms with E-state index >= 15 is 0 Å². The van der Waals surface area contributed by atoms with E-state index in [4.69, 9.17) is 4.74 Å². The second-order valence-electron chi connectivity index (χ2n) is 5.34. The maximum atomic E-state index is 9.26. The number of benzene rings is 1. The summed E-state index contributed by atoms with van der Waals surface area (Å²) in [4.78, 5) is 0. The Hall–Kier alpha value is -1.06. The number of aliphatic hydroxyl groups is 1. The van der Waals surface area contributed by atoms with E-state index in [1.54, 1.807) is 7.11 Å². The van der Waals surface area contributed by atoms with Gasteiger partial charge in [-0.25, -0.2) is 0 Å². The number of rotatable bonds is 6. The van der Waals surface area contributed by atoms with Crippen molar-refractivity contribution in [2.45, 2.75) is 50.6 Å². The SMILES string of the molecule is COc1ccc(C(CCO)NC2CCCCC2)cc1. The molecule has 3 heteroatoms. The third kappa shape index (κ3) is 4.22. The summed E-state index contributed by atoms with van der Waals surface area (Å²) in [6, 6.07) is 9.01. The molecule has 1 unspecified atom stereocenters. The molecule has 2 rings (SSSR count). The number of methoxy groups -OCH3 is 1. The van der Waals surface area contributed by atoms with E-state index in [9.17, 15) is 5.11 Å². The normalized spacial score (nSPS) is 18.2. The number of ether oxygens (including phenoxy) is 1. The lowest BCUT2D eigenvalue weighted by molar-refractivity contribution is 0.248. The third-order valence-corrected chi connectivity index (χ3v) is 3.98. The highest BCUT2D eigenvalue weighted by atomic mass is 16.5. The first-order valence-electron chi connectivity index (χ1n) is 7.34. The molecule has 1 fully saturated rings. The Morgan fingerprint density at radius 3 is 2.47 bits per heavy atom. The van der Waals surface area contributed by atoms with Crippen LogP contribution in [-0.4, -0.2) is 24.9 Å². The molecule has 2 N–H and O–H groups in total. The van der Waals surface area contributed by atoms with Crippen molar-refractivity contribution in [1.82, 2.24) is 5.32 Å². The molecule has 0 amide bonds. The second-order valence-corrected chi connectivity index (χ2v) is 5.34. The van der Waals surface area contributed by atoms with E-state index in [0.717, 1.165) is 12.2 Å². The predicted molar refractivity (Wildman–Crippen MR) is 77.4 cm³/mol. The summed E-state index contributed by atoms with van der Waals surface area (Å²) in [5, 5.41) is 13.0. The Labute approximate surface area is 116 Å². The van der Waals surface area contributed by atoms with Crippen molar-refractivity contribution in [2.24, 2.45) is 0 Å². The molecule has 19 heavy (non-hydrogen) atoms. The highest BCUT2D eigenvalue weighted by Crippen LogP contribution is 2.24. The van der Waals surface area contributed by atoms with Crippen LogP contribution in [0.25, 0.3) is 0 Å². The van der Waals surface area contributed by atoms with Gasteiger partial charge in [0.25, 0.3) is 0 Å². The van der Waals surface area contributed by atoms with Gasteiger partial charge in [-0.2, -0.15) is 0 Å². The van der Waals surface area contributed by atoms with Crippen molar-refractivity contribution in [3.63, 3.8) is 0 Å². The van der Waals surface area contributed by atoms with Crippen LogP contribution in [-0.2, 0) is 0 Å². The summed E-state index contributed by atoms with van der Waals surface area (Å²) in [6.07, 6.45) is 7.31. The summed E-state index contributed by atoms with van der Waals surface area (Å²) in [5.41, 5.74) is 1.24. The highest BCUT2D eigenvalue weighted by Gasteiger charge is 2.18. The minimum absolute atomic E-state index is 0.219. The Morgan fingerprint density at radius 2 is 1.89 bits per heavy atom. The minimum atomic E-state index is 0.219. The summed E-state index contributed by atoms with van der Waals surface area (Å²) >= 11 is 0. The van der Waals surface area contributed by atoms with Crippen LogP contribution in [0.4, 0.5) is 0 Å². The van der Waals surface area contributed by atoms with Crippen LogP contribution in [0, 0.1) is 0 Å². The van der Waals surface area contributed by atoms with Crippen LogP contribution < -0.4 is 10.1 Å². The van der Waals surface area contributed by atoms with Crippen LogP contribution in [0.2, 0.25) is 0 Å². The lowest BCUT2D eigenvalue weighted by Crippen LogP contribution is -2.34. The van der Waals surface area contributed by atoms with Gasteiger partial charge < -0.3 is 15.2 Å². The molecule has 3 nitrogen and oxygen atoms in total. The predicted octanol–water partition coefficient (Wildman–Crippen LogP) is 3.04. The Morgan fingerprint density at radius 1 is 1.21 bits per heavy atom. The van der Waals surface area contributed by atoms with Gasteiger partial charge in [0.2, 0.25) is 0 Å². The number of hydrogen-bond donors (Lipinski definition) is 2. The topological polar surface area (TPSA) is 41.5 Å². The molecule has 1 saturated carbocycles. The molecule has 0 radical (unpaired) electrons. The summed E-state index contributed by atoms with van der Waals surface area (Å²) in [5.74, 6) is 0.879. The van der Waals surface area contributed by atoms with Gasteiger partial charge in [-0.3, -0.25) is 0 Å². The zero-order valence-corrected chi connectivity index (χ0v) is 11.8. The van der Waals surface area contributed by atoms with Crippen LogP contribution >= 0.6 is 0 Å². The molecule has 0 heterocycles. The molecule has 1 aromatic carbocycles. The third-order valence-electron chi connectivity index (χ3n) is 3.98. The van der Waals surface area contributed by atoms with Crippen LogP contribution in [0.1, 0.15) is 50.1 Å². The van der Waals surface area contributed by atoms with E-state index in [1.165, 1.54) is 37.7 Å². The van der Waals surface area contributed by atoms with Crippen molar-refractivity contribution in [3.8, 4) is 5.75 Å². The average Bonchev–Trinajstić information content (AvgIpc) is 2.48. The largest absolute Gasteiger partial charge is 0.497 e. The highest BCUT2D eigenvalue weighted by molar-refractivity contribution is 5.29. The molecule has 0 aliphatic heterocycles. The average molecular weight is 263 g/mol. The van der Waals surface area contributed by atoms with E-state index < -0.39 is 0 Å². The van der Waals surface area contributed by atoms with E-state index in [1.807, 2.05) is 12.1 Å². The maximum absolute atomic E-state index is 9.26. The molecule has 0 bridgehead atoms. The molecule has 1 aromatic rings. The first-order chi connectivity index (χ1) is 9.33. The van der Waals surface area contributed by atoms with E-state index in [2.05, 4.69) is 17.4 Å². The number of aliphatic hydroxyl groups excluding tert-OH is 1. The quantitative estimate of drug-likeness (QED) is 0.829. The van der Waals surface area contributed by atoms with Gasteiger partial charge in [0.15, 0.2) is 0 Å². The molecule has 106 valence electrons. The first-order valence-corrected chi connectivity index (χ1v) is 7.34. The van der Waals surface area contributed by atoms with Crippen LogP contribution in [0.3, 0.4) is 0 Å². The Bertz CT molecular complexity index is 358. The van der Waals surface area contributed by atoms with E-state index in [-0.39, 0.29) is 12.6 Å². The van der Waals surface area contributed by atoms with Gasteiger partial charge in [0.05, 0.1) is 7.11 Å². The molecular formula is C16H25NO2. The molecule has 0 spiro atoms.